The molecular weight excluding hydrogens is 184 g/mol. The zero-order chi connectivity index (χ0) is 10.7. The summed E-state index contributed by atoms with van der Waals surface area (Å²) in [4.78, 5) is 3.03. The predicted molar refractivity (Wildman–Crippen MR) is 64.0 cm³/mol. The Morgan fingerprint density at radius 2 is 1.87 bits per heavy atom. The van der Waals surface area contributed by atoms with Crippen LogP contribution in [-0.2, 0) is 6.54 Å². The molecule has 0 spiro atoms. The lowest BCUT2D eigenvalue weighted by molar-refractivity contribution is 1.09. The zero-order valence-electron chi connectivity index (χ0n) is 9.17. The first-order valence-corrected chi connectivity index (χ1v) is 5.19. The molecule has 0 unspecified atom stereocenters. The zero-order valence-corrected chi connectivity index (χ0v) is 9.17. The molecule has 0 radical (unpaired) electrons. The second kappa shape index (κ2) is 4.22. The van der Waals surface area contributed by atoms with Crippen LogP contribution in [0.2, 0.25) is 0 Å². The second-order valence-corrected chi connectivity index (χ2v) is 3.82. The molecule has 0 aliphatic rings. The Morgan fingerprint density at radius 3 is 2.47 bits per heavy atom. The van der Waals surface area contributed by atoms with Crippen LogP contribution in [0.1, 0.15) is 16.7 Å². The fraction of sp³-hybridized carbons (Fsp3) is 0.231. The van der Waals surface area contributed by atoms with Gasteiger partial charge in [-0.05, 0) is 36.6 Å². The number of benzene rings is 1. The van der Waals surface area contributed by atoms with E-state index in [0.717, 1.165) is 12.2 Å². The smallest absolute Gasteiger partial charge is 0.0520 e. The summed E-state index contributed by atoms with van der Waals surface area (Å²) >= 11 is 0. The van der Waals surface area contributed by atoms with Gasteiger partial charge in [0.1, 0.15) is 0 Å². The summed E-state index contributed by atoms with van der Waals surface area (Å²) in [5.74, 6) is 0. The van der Waals surface area contributed by atoms with Crippen LogP contribution in [0, 0.1) is 13.8 Å². The monoisotopic (exact) mass is 200 g/mol. The molecule has 1 aromatic carbocycles. The van der Waals surface area contributed by atoms with Crippen LogP contribution in [0.3, 0.4) is 0 Å². The maximum absolute atomic E-state index is 3.39. The van der Waals surface area contributed by atoms with Crippen LogP contribution in [-0.4, -0.2) is 4.98 Å². The van der Waals surface area contributed by atoms with E-state index in [0.29, 0.717) is 0 Å². The summed E-state index contributed by atoms with van der Waals surface area (Å²) in [5.41, 5.74) is 5.22. The highest BCUT2D eigenvalue weighted by Crippen LogP contribution is 2.15. The van der Waals surface area contributed by atoms with Gasteiger partial charge in [-0.3, -0.25) is 0 Å². The molecule has 0 fully saturated rings. The highest BCUT2D eigenvalue weighted by molar-refractivity contribution is 5.43. The van der Waals surface area contributed by atoms with Gasteiger partial charge in [0.2, 0.25) is 0 Å². The minimum atomic E-state index is 0.885. The molecule has 0 saturated heterocycles. The van der Waals surface area contributed by atoms with E-state index in [9.17, 15) is 0 Å². The number of H-pyrrole nitrogens is 1. The van der Waals surface area contributed by atoms with Gasteiger partial charge in [-0.25, -0.2) is 0 Å². The van der Waals surface area contributed by atoms with Gasteiger partial charge in [-0.2, -0.15) is 0 Å². The summed E-state index contributed by atoms with van der Waals surface area (Å²) in [6.45, 7) is 5.19. The number of hydrogen-bond donors (Lipinski definition) is 2. The van der Waals surface area contributed by atoms with Crippen LogP contribution >= 0.6 is 0 Å². The fourth-order valence-electron chi connectivity index (χ4n) is 1.75. The van der Waals surface area contributed by atoms with E-state index in [1.807, 2.05) is 18.5 Å². The number of rotatable bonds is 3. The normalized spacial score (nSPS) is 10.3. The van der Waals surface area contributed by atoms with E-state index in [2.05, 4.69) is 42.3 Å². The lowest BCUT2D eigenvalue weighted by Crippen LogP contribution is -2.02. The summed E-state index contributed by atoms with van der Waals surface area (Å²) < 4.78 is 0. The summed E-state index contributed by atoms with van der Waals surface area (Å²) in [5, 5.41) is 3.39. The molecule has 0 amide bonds. The van der Waals surface area contributed by atoms with Crippen molar-refractivity contribution in [1.29, 1.82) is 0 Å². The van der Waals surface area contributed by atoms with E-state index < -0.39 is 0 Å². The van der Waals surface area contributed by atoms with Gasteiger partial charge in [-0.15, -0.1) is 0 Å². The first kappa shape index (κ1) is 9.84. The third-order valence-corrected chi connectivity index (χ3v) is 2.71. The minimum absolute atomic E-state index is 0.885. The van der Waals surface area contributed by atoms with Crippen LogP contribution in [0.15, 0.2) is 36.7 Å². The topological polar surface area (TPSA) is 27.8 Å². The van der Waals surface area contributed by atoms with E-state index in [4.69, 9.17) is 0 Å². The first-order valence-electron chi connectivity index (χ1n) is 5.19. The molecule has 0 aliphatic heterocycles. The van der Waals surface area contributed by atoms with Gasteiger partial charge in [0, 0.05) is 18.9 Å². The van der Waals surface area contributed by atoms with Crippen molar-refractivity contribution in [3.05, 3.63) is 53.3 Å². The summed E-state index contributed by atoms with van der Waals surface area (Å²) in [6.07, 6.45) is 3.89. The molecular formula is C13H16N2. The average Bonchev–Trinajstić information content (AvgIpc) is 2.70. The third-order valence-electron chi connectivity index (χ3n) is 2.71. The van der Waals surface area contributed by atoms with Crippen molar-refractivity contribution in [3.8, 4) is 0 Å². The molecule has 2 nitrogen and oxygen atoms in total. The Balaban J connectivity index is 2.11. The lowest BCUT2D eigenvalue weighted by atomic mass is 10.0. The van der Waals surface area contributed by atoms with Crippen LogP contribution < -0.4 is 5.32 Å². The number of aryl methyl sites for hydroxylation is 2. The van der Waals surface area contributed by atoms with Crippen molar-refractivity contribution in [2.24, 2.45) is 0 Å². The van der Waals surface area contributed by atoms with Crippen molar-refractivity contribution in [2.75, 3.05) is 5.32 Å². The Labute approximate surface area is 90.3 Å². The van der Waals surface area contributed by atoms with Crippen molar-refractivity contribution < 1.29 is 0 Å². The molecule has 15 heavy (non-hydrogen) atoms. The molecule has 1 aromatic heterocycles. The Hall–Kier alpha value is -1.70. The van der Waals surface area contributed by atoms with Crippen molar-refractivity contribution in [2.45, 2.75) is 20.4 Å². The molecule has 78 valence electrons. The molecule has 2 heteroatoms. The maximum atomic E-state index is 3.39. The molecule has 0 atom stereocenters. The van der Waals surface area contributed by atoms with Gasteiger partial charge in [0.25, 0.3) is 0 Å². The van der Waals surface area contributed by atoms with Gasteiger partial charge in [-0.1, -0.05) is 18.2 Å². The van der Waals surface area contributed by atoms with Gasteiger partial charge in [0.05, 0.1) is 5.69 Å². The van der Waals surface area contributed by atoms with Crippen molar-refractivity contribution in [3.63, 3.8) is 0 Å². The fourth-order valence-corrected chi connectivity index (χ4v) is 1.75. The van der Waals surface area contributed by atoms with Gasteiger partial charge >= 0.3 is 0 Å². The summed E-state index contributed by atoms with van der Waals surface area (Å²) in [6, 6.07) is 8.44. The maximum Gasteiger partial charge on any atom is 0.0520 e. The number of aromatic nitrogens is 1. The number of aromatic amines is 1. The SMILES string of the molecule is Cc1cccc(C)c1CNc1cc[nH]c1. The minimum Gasteiger partial charge on any atom is -0.380 e. The third kappa shape index (κ3) is 2.21. The quantitative estimate of drug-likeness (QED) is 0.782. The molecule has 0 saturated carbocycles. The van der Waals surface area contributed by atoms with Crippen molar-refractivity contribution in [1.82, 2.24) is 4.98 Å². The van der Waals surface area contributed by atoms with Crippen LogP contribution in [0.25, 0.3) is 0 Å². The molecule has 0 bridgehead atoms. The largest absolute Gasteiger partial charge is 0.380 e. The van der Waals surface area contributed by atoms with E-state index >= 15 is 0 Å². The van der Waals surface area contributed by atoms with E-state index in [1.54, 1.807) is 0 Å². The average molecular weight is 200 g/mol. The van der Waals surface area contributed by atoms with Crippen molar-refractivity contribution >= 4 is 5.69 Å². The number of anilines is 1. The molecule has 0 aliphatic carbocycles. The Bertz CT molecular complexity index is 410. The van der Waals surface area contributed by atoms with Crippen LogP contribution in [0.5, 0.6) is 0 Å². The number of hydrogen-bond acceptors (Lipinski definition) is 1. The Morgan fingerprint density at radius 1 is 1.13 bits per heavy atom. The Kier molecular flexibility index (Phi) is 2.77. The predicted octanol–water partition coefficient (Wildman–Crippen LogP) is 3.24. The molecule has 1 heterocycles. The van der Waals surface area contributed by atoms with Crippen LogP contribution in [0.4, 0.5) is 5.69 Å². The standard InChI is InChI=1S/C13H16N2/c1-10-4-3-5-11(2)13(10)9-15-12-6-7-14-8-12/h3-8,14-15H,9H2,1-2H3. The molecule has 2 N–H and O–H groups in total. The summed E-state index contributed by atoms with van der Waals surface area (Å²) in [7, 11) is 0. The highest BCUT2D eigenvalue weighted by Gasteiger charge is 2.01. The van der Waals surface area contributed by atoms with Gasteiger partial charge < -0.3 is 10.3 Å². The van der Waals surface area contributed by atoms with E-state index in [-0.39, 0.29) is 0 Å². The second-order valence-electron chi connectivity index (χ2n) is 3.82. The highest BCUT2D eigenvalue weighted by atomic mass is 14.9. The lowest BCUT2D eigenvalue weighted by Gasteiger charge is -2.10. The van der Waals surface area contributed by atoms with Gasteiger partial charge in [0.15, 0.2) is 0 Å². The first-order chi connectivity index (χ1) is 7.27. The molecule has 2 aromatic rings. The number of nitrogens with one attached hydrogen (secondary N) is 2. The van der Waals surface area contributed by atoms with E-state index in [1.165, 1.54) is 16.7 Å². The molecule has 2 rings (SSSR count).